The number of anilines is 3. The number of amides is 1. The Kier molecular flexibility index (Phi) is 5.13. The molecular weight excluding hydrogens is 410 g/mol. The minimum Gasteiger partial charge on any atom is -0.378 e. The van der Waals surface area contributed by atoms with Gasteiger partial charge in [-0.15, -0.1) is 0 Å². The highest BCUT2D eigenvalue weighted by molar-refractivity contribution is 6.06. The number of imidazole rings is 1. The highest BCUT2D eigenvalue weighted by Crippen LogP contribution is 2.39. The van der Waals surface area contributed by atoms with Gasteiger partial charge >= 0.3 is 0 Å². The first-order valence-corrected chi connectivity index (χ1v) is 11.0. The highest BCUT2D eigenvalue weighted by atomic mass is 16.1. The summed E-state index contributed by atoms with van der Waals surface area (Å²) in [4.78, 5) is 20.5. The van der Waals surface area contributed by atoms with Crippen LogP contribution >= 0.6 is 0 Å². The molecule has 166 valence electrons. The van der Waals surface area contributed by atoms with Crippen LogP contribution in [-0.4, -0.2) is 29.6 Å². The first kappa shape index (κ1) is 20.8. The van der Waals surface area contributed by atoms with E-state index in [4.69, 9.17) is 4.98 Å². The third-order valence-corrected chi connectivity index (χ3v) is 6.11. The molecule has 1 aliphatic heterocycles. The third kappa shape index (κ3) is 3.74. The van der Waals surface area contributed by atoms with E-state index in [1.165, 1.54) is 0 Å². The van der Waals surface area contributed by atoms with E-state index in [0.717, 1.165) is 45.2 Å². The van der Waals surface area contributed by atoms with Crippen molar-refractivity contribution in [3.63, 3.8) is 0 Å². The van der Waals surface area contributed by atoms with Crippen molar-refractivity contribution in [2.45, 2.75) is 19.9 Å². The molecule has 6 heteroatoms. The molecule has 1 amide bonds. The number of aromatic nitrogens is 2. The van der Waals surface area contributed by atoms with Crippen molar-refractivity contribution < 1.29 is 4.79 Å². The van der Waals surface area contributed by atoms with Crippen molar-refractivity contribution >= 4 is 34.3 Å². The number of benzene rings is 3. The minimum absolute atomic E-state index is 0.131. The Bertz CT molecular complexity index is 1360. The van der Waals surface area contributed by atoms with E-state index in [1.807, 2.05) is 76.5 Å². The van der Waals surface area contributed by atoms with Gasteiger partial charge in [-0.3, -0.25) is 9.36 Å². The molecule has 33 heavy (non-hydrogen) atoms. The Morgan fingerprint density at radius 2 is 1.67 bits per heavy atom. The predicted molar refractivity (Wildman–Crippen MR) is 135 cm³/mol. The highest BCUT2D eigenvalue weighted by Gasteiger charge is 2.34. The van der Waals surface area contributed by atoms with Crippen LogP contribution in [0.2, 0.25) is 0 Å². The second-order valence-corrected chi connectivity index (χ2v) is 8.67. The molecule has 1 atom stereocenters. The van der Waals surface area contributed by atoms with Crippen LogP contribution in [0, 0.1) is 6.92 Å². The number of nitrogens with zero attached hydrogens (tertiary/aromatic N) is 3. The second-order valence-electron chi connectivity index (χ2n) is 8.67. The number of hydrogen-bond acceptors (Lipinski definition) is 4. The van der Waals surface area contributed by atoms with Crippen LogP contribution in [0.4, 0.5) is 17.3 Å². The summed E-state index contributed by atoms with van der Waals surface area (Å²) in [5, 5.41) is 6.46. The van der Waals surface area contributed by atoms with E-state index in [2.05, 4.69) is 44.4 Å². The van der Waals surface area contributed by atoms with E-state index >= 15 is 0 Å². The van der Waals surface area contributed by atoms with Gasteiger partial charge in [0.2, 0.25) is 5.95 Å². The Balaban J connectivity index is 1.64. The van der Waals surface area contributed by atoms with Crippen molar-refractivity contribution in [1.82, 2.24) is 9.55 Å². The second kappa shape index (κ2) is 8.13. The molecule has 0 aliphatic carbocycles. The molecule has 0 spiro atoms. The summed E-state index contributed by atoms with van der Waals surface area (Å²) in [7, 11) is 4.04. The standard InChI is InChI=1S/C27H27N5O/c1-17-9-13-20(14-10-17)29-26(33)24-18(2)28-27-30-22-7-5-6-8-23(22)32(27)25(24)19-11-15-21(16-12-19)31(3)4/h5-16,25H,1-4H3,(H,28,30)(H,29,33). The molecule has 6 nitrogen and oxygen atoms in total. The number of rotatable bonds is 4. The zero-order chi connectivity index (χ0) is 23.1. The number of carbonyl (C=O) groups excluding carboxylic acids is 1. The largest absolute Gasteiger partial charge is 0.378 e. The molecule has 1 aromatic heterocycles. The molecule has 0 saturated carbocycles. The molecule has 1 unspecified atom stereocenters. The van der Waals surface area contributed by atoms with Gasteiger partial charge in [0, 0.05) is 31.2 Å². The average Bonchev–Trinajstić information content (AvgIpc) is 3.17. The van der Waals surface area contributed by atoms with Gasteiger partial charge in [-0.05, 0) is 55.8 Å². The summed E-state index contributed by atoms with van der Waals surface area (Å²) in [5.74, 6) is 0.608. The molecule has 0 fully saturated rings. The van der Waals surface area contributed by atoms with E-state index < -0.39 is 0 Å². The maximum Gasteiger partial charge on any atom is 0.255 e. The molecule has 0 saturated heterocycles. The smallest absolute Gasteiger partial charge is 0.255 e. The summed E-state index contributed by atoms with van der Waals surface area (Å²) >= 11 is 0. The SMILES string of the molecule is CC1=C(C(=O)Nc2ccc(C)cc2)C(c2ccc(N(C)C)cc2)n2c(nc3ccccc32)N1. The van der Waals surface area contributed by atoms with E-state index in [-0.39, 0.29) is 11.9 Å². The van der Waals surface area contributed by atoms with E-state index in [1.54, 1.807) is 0 Å². The van der Waals surface area contributed by atoms with Crippen LogP contribution in [0.25, 0.3) is 11.0 Å². The number of aryl methyl sites for hydroxylation is 1. The van der Waals surface area contributed by atoms with Gasteiger partial charge in [-0.25, -0.2) is 4.98 Å². The molecular formula is C27H27N5O. The zero-order valence-electron chi connectivity index (χ0n) is 19.3. The summed E-state index contributed by atoms with van der Waals surface area (Å²) in [6.45, 7) is 3.97. The minimum atomic E-state index is -0.310. The van der Waals surface area contributed by atoms with Crippen molar-refractivity contribution in [3.05, 3.63) is 95.2 Å². The number of allylic oxidation sites excluding steroid dienone is 1. The van der Waals surface area contributed by atoms with Gasteiger partial charge in [0.15, 0.2) is 0 Å². The van der Waals surface area contributed by atoms with Gasteiger partial charge < -0.3 is 15.5 Å². The number of hydrogen-bond donors (Lipinski definition) is 2. The van der Waals surface area contributed by atoms with Crippen LogP contribution in [0.5, 0.6) is 0 Å². The maximum absolute atomic E-state index is 13.6. The Labute approximate surface area is 193 Å². The molecule has 2 heterocycles. The van der Waals surface area contributed by atoms with Gasteiger partial charge in [-0.1, -0.05) is 42.0 Å². The quantitative estimate of drug-likeness (QED) is 0.453. The van der Waals surface area contributed by atoms with Crippen LogP contribution in [0.1, 0.15) is 24.1 Å². The van der Waals surface area contributed by atoms with Crippen molar-refractivity contribution in [2.75, 3.05) is 29.6 Å². The van der Waals surface area contributed by atoms with E-state index in [9.17, 15) is 4.79 Å². The predicted octanol–water partition coefficient (Wildman–Crippen LogP) is 5.34. The van der Waals surface area contributed by atoms with Gasteiger partial charge in [0.05, 0.1) is 22.6 Å². The van der Waals surface area contributed by atoms with E-state index in [0.29, 0.717) is 5.57 Å². The van der Waals surface area contributed by atoms with Gasteiger partial charge in [0.25, 0.3) is 5.91 Å². The summed E-state index contributed by atoms with van der Waals surface area (Å²) in [6.07, 6.45) is 0. The summed E-state index contributed by atoms with van der Waals surface area (Å²) in [6, 6.07) is 23.9. The fourth-order valence-corrected chi connectivity index (χ4v) is 4.36. The lowest BCUT2D eigenvalue weighted by Crippen LogP contribution is -2.31. The summed E-state index contributed by atoms with van der Waals surface area (Å²) < 4.78 is 2.12. The average molecular weight is 438 g/mol. The van der Waals surface area contributed by atoms with Gasteiger partial charge in [-0.2, -0.15) is 0 Å². The molecule has 5 rings (SSSR count). The number of nitrogens with one attached hydrogen (secondary N) is 2. The lowest BCUT2D eigenvalue weighted by atomic mass is 9.94. The Morgan fingerprint density at radius 1 is 0.970 bits per heavy atom. The third-order valence-electron chi connectivity index (χ3n) is 6.11. The molecule has 2 N–H and O–H groups in total. The molecule has 0 bridgehead atoms. The van der Waals surface area contributed by atoms with Gasteiger partial charge in [0.1, 0.15) is 0 Å². The number of fused-ring (bicyclic) bond motifs is 3. The first-order valence-electron chi connectivity index (χ1n) is 11.0. The lowest BCUT2D eigenvalue weighted by molar-refractivity contribution is -0.113. The first-order chi connectivity index (χ1) is 15.9. The molecule has 0 radical (unpaired) electrons. The van der Waals surface area contributed by atoms with Crippen LogP contribution in [0.15, 0.2) is 84.1 Å². The van der Waals surface area contributed by atoms with Crippen molar-refractivity contribution in [3.8, 4) is 0 Å². The molecule has 3 aromatic carbocycles. The molecule has 4 aromatic rings. The fraction of sp³-hybridized carbons (Fsp3) is 0.185. The van der Waals surface area contributed by atoms with Crippen LogP contribution in [-0.2, 0) is 4.79 Å². The van der Waals surface area contributed by atoms with Crippen LogP contribution in [0.3, 0.4) is 0 Å². The van der Waals surface area contributed by atoms with Crippen LogP contribution < -0.4 is 15.5 Å². The maximum atomic E-state index is 13.6. The number of carbonyl (C=O) groups is 1. The summed E-state index contributed by atoms with van der Waals surface area (Å²) in [5.41, 5.74) is 7.39. The van der Waals surface area contributed by atoms with Crippen molar-refractivity contribution in [2.24, 2.45) is 0 Å². The topological polar surface area (TPSA) is 62.2 Å². The number of para-hydroxylation sites is 2. The van der Waals surface area contributed by atoms with Crippen molar-refractivity contribution in [1.29, 1.82) is 0 Å². The fourth-order valence-electron chi connectivity index (χ4n) is 4.36. The Morgan fingerprint density at radius 3 is 2.36 bits per heavy atom. The molecule has 1 aliphatic rings. The zero-order valence-corrected chi connectivity index (χ0v) is 19.3. The monoisotopic (exact) mass is 437 g/mol. The lowest BCUT2D eigenvalue weighted by Gasteiger charge is -2.31. The normalized spacial score (nSPS) is 15.2. The Hall–Kier alpha value is -4.06.